The Labute approximate surface area is 95.6 Å². The van der Waals surface area contributed by atoms with E-state index < -0.39 is 6.10 Å². The molecule has 1 atom stereocenters. The molecule has 16 heavy (non-hydrogen) atoms. The van der Waals surface area contributed by atoms with Crippen molar-refractivity contribution in [2.75, 3.05) is 6.61 Å². The van der Waals surface area contributed by atoms with Crippen molar-refractivity contribution in [2.24, 2.45) is 0 Å². The van der Waals surface area contributed by atoms with Crippen LogP contribution in [0.2, 0.25) is 0 Å². The van der Waals surface area contributed by atoms with Crippen LogP contribution in [0, 0.1) is 0 Å². The van der Waals surface area contributed by atoms with Crippen LogP contribution in [-0.4, -0.2) is 24.6 Å². The third-order valence-corrected chi connectivity index (χ3v) is 2.74. The van der Waals surface area contributed by atoms with E-state index >= 15 is 0 Å². The number of hydrogen-bond acceptors (Lipinski definition) is 4. The zero-order valence-electron chi connectivity index (χ0n) is 10.0. The molecule has 0 N–H and O–H groups in total. The number of hydrogen-bond donors (Lipinski definition) is 0. The van der Waals surface area contributed by atoms with Gasteiger partial charge in [-0.15, -0.1) is 0 Å². The van der Waals surface area contributed by atoms with Crippen molar-refractivity contribution >= 4 is 11.9 Å². The summed E-state index contributed by atoms with van der Waals surface area (Å²) in [5.74, 6) is -0.635. The molecule has 0 bridgehead atoms. The molecule has 1 rings (SSSR count). The van der Waals surface area contributed by atoms with Crippen molar-refractivity contribution in [3.63, 3.8) is 0 Å². The molecule has 90 valence electrons. The van der Waals surface area contributed by atoms with E-state index in [0.717, 1.165) is 18.4 Å². The first-order valence-electron chi connectivity index (χ1n) is 5.60. The van der Waals surface area contributed by atoms with Crippen LogP contribution >= 0.6 is 0 Å². The molecule has 1 heterocycles. The van der Waals surface area contributed by atoms with E-state index in [0.29, 0.717) is 12.2 Å². The summed E-state index contributed by atoms with van der Waals surface area (Å²) in [7, 11) is 0. The first kappa shape index (κ1) is 12.7. The molecule has 0 aromatic heterocycles. The Kier molecular flexibility index (Phi) is 4.52. The lowest BCUT2D eigenvalue weighted by Crippen LogP contribution is -2.18. The maximum Gasteiger partial charge on any atom is 0.334 e. The Morgan fingerprint density at radius 2 is 2.12 bits per heavy atom. The van der Waals surface area contributed by atoms with Crippen molar-refractivity contribution in [2.45, 2.75) is 46.1 Å². The molecule has 0 spiro atoms. The Morgan fingerprint density at radius 1 is 1.44 bits per heavy atom. The second kappa shape index (κ2) is 5.68. The summed E-state index contributed by atoms with van der Waals surface area (Å²) in [5, 5.41) is 0. The zero-order chi connectivity index (χ0) is 12.1. The molecule has 0 saturated heterocycles. The van der Waals surface area contributed by atoms with Gasteiger partial charge in [0.1, 0.15) is 6.10 Å². The van der Waals surface area contributed by atoms with E-state index in [4.69, 9.17) is 9.47 Å². The van der Waals surface area contributed by atoms with E-state index in [1.54, 1.807) is 6.92 Å². The summed E-state index contributed by atoms with van der Waals surface area (Å²) >= 11 is 0. The molecule has 1 aliphatic rings. The van der Waals surface area contributed by atoms with E-state index in [2.05, 4.69) is 0 Å². The van der Waals surface area contributed by atoms with Gasteiger partial charge < -0.3 is 9.47 Å². The Morgan fingerprint density at radius 3 is 2.62 bits per heavy atom. The van der Waals surface area contributed by atoms with Crippen molar-refractivity contribution in [3.05, 3.63) is 11.1 Å². The highest BCUT2D eigenvalue weighted by molar-refractivity contribution is 5.92. The van der Waals surface area contributed by atoms with Crippen LogP contribution in [0.5, 0.6) is 0 Å². The normalized spacial score (nSPS) is 19.9. The number of carbonyl (C=O) groups is 2. The predicted octanol–water partition coefficient (Wildman–Crippen LogP) is 1.98. The average Bonchev–Trinajstić information content (AvgIpc) is 2.47. The second-order valence-corrected chi connectivity index (χ2v) is 3.98. The van der Waals surface area contributed by atoms with Crippen molar-refractivity contribution in [1.82, 2.24) is 0 Å². The number of ether oxygens (including phenoxy) is 2. The van der Waals surface area contributed by atoms with Gasteiger partial charge in [-0.1, -0.05) is 13.3 Å². The number of unbranched alkanes of at least 4 members (excludes halogenated alkanes) is 1. The van der Waals surface area contributed by atoms with E-state index in [-0.39, 0.29) is 18.4 Å². The lowest BCUT2D eigenvalue weighted by Gasteiger charge is -2.10. The maximum atomic E-state index is 11.4. The average molecular weight is 226 g/mol. The number of esters is 2. The fraction of sp³-hybridized carbons (Fsp3) is 0.667. The molecule has 1 aliphatic heterocycles. The van der Waals surface area contributed by atoms with E-state index in [1.807, 2.05) is 13.8 Å². The summed E-state index contributed by atoms with van der Waals surface area (Å²) in [6.07, 6.45) is 1.55. The Bertz CT molecular complexity index is 317. The summed E-state index contributed by atoms with van der Waals surface area (Å²) in [6.45, 7) is 5.99. The van der Waals surface area contributed by atoms with Gasteiger partial charge in [0.25, 0.3) is 0 Å². The van der Waals surface area contributed by atoms with Crippen LogP contribution in [0.25, 0.3) is 0 Å². The molecule has 1 unspecified atom stereocenters. The topological polar surface area (TPSA) is 52.6 Å². The van der Waals surface area contributed by atoms with Gasteiger partial charge in [-0.2, -0.15) is 0 Å². The van der Waals surface area contributed by atoms with Gasteiger partial charge in [0.05, 0.1) is 13.0 Å². The van der Waals surface area contributed by atoms with Crippen molar-refractivity contribution in [1.29, 1.82) is 0 Å². The summed E-state index contributed by atoms with van der Waals surface area (Å²) in [6, 6.07) is 0. The first-order valence-corrected chi connectivity index (χ1v) is 5.60. The van der Waals surface area contributed by atoms with Gasteiger partial charge >= 0.3 is 11.9 Å². The molecule has 4 heteroatoms. The smallest absolute Gasteiger partial charge is 0.334 e. The zero-order valence-corrected chi connectivity index (χ0v) is 10.0. The molecule has 0 aromatic rings. The molecule has 0 saturated carbocycles. The maximum absolute atomic E-state index is 11.4. The fourth-order valence-electron chi connectivity index (χ4n) is 1.44. The third-order valence-electron chi connectivity index (χ3n) is 2.74. The monoisotopic (exact) mass is 226 g/mol. The van der Waals surface area contributed by atoms with Crippen molar-refractivity contribution < 1.29 is 19.1 Å². The second-order valence-electron chi connectivity index (χ2n) is 3.98. The fourth-order valence-corrected chi connectivity index (χ4v) is 1.44. The summed E-state index contributed by atoms with van der Waals surface area (Å²) < 4.78 is 10.1. The minimum Gasteiger partial charge on any atom is -0.466 e. The minimum atomic E-state index is -0.429. The van der Waals surface area contributed by atoms with Gasteiger partial charge in [-0.3, -0.25) is 4.79 Å². The van der Waals surface area contributed by atoms with Gasteiger partial charge in [0.15, 0.2) is 0 Å². The third kappa shape index (κ3) is 3.08. The highest BCUT2D eigenvalue weighted by atomic mass is 16.6. The standard InChI is InChI=1S/C12H18O4/c1-4-5-6-15-11(13)7-10-8(2)9(3)12(14)16-10/h10H,4-7H2,1-3H3. The van der Waals surface area contributed by atoms with Crippen LogP contribution in [0.1, 0.15) is 40.0 Å². The lowest BCUT2D eigenvalue weighted by molar-refractivity contribution is -0.149. The highest BCUT2D eigenvalue weighted by Gasteiger charge is 2.30. The lowest BCUT2D eigenvalue weighted by atomic mass is 10.1. The molecule has 4 nitrogen and oxygen atoms in total. The van der Waals surface area contributed by atoms with Crippen LogP contribution in [-0.2, 0) is 19.1 Å². The molecule has 0 amide bonds. The van der Waals surface area contributed by atoms with Gasteiger partial charge in [-0.05, 0) is 25.8 Å². The highest BCUT2D eigenvalue weighted by Crippen LogP contribution is 2.24. The van der Waals surface area contributed by atoms with Crippen LogP contribution in [0.4, 0.5) is 0 Å². The van der Waals surface area contributed by atoms with E-state index in [9.17, 15) is 9.59 Å². The molecular weight excluding hydrogens is 208 g/mol. The van der Waals surface area contributed by atoms with Gasteiger partial charge in [0, 0.05) is 5.57 Å². The van der Waals surface area contributed by atoms with Crippen LogP contribution in [0.15, 0.2) is 11.1 Å². The van der Waals surface area contributed by atoms with E-state index in [1.165, 1.54) is 0 Å². The Balaban J connectivity index is 2.39. The Hall–Kier alpha value is -1.32. The van der Waals surface area contributed by atoms with Crippen LogP contribution < -0.4 is 0 Å². The van der Waals surface area contributed by atoms with Crippen LogP contribution in [0.3, 0.4) is 0 Å². The summed E-state index contributed by atoms with van der Waals surface area (Å²) in [4.78, 5) is 22.6. The quantitative estimate of drug-likeness (QED) is 0.531. The number of cyclic esters (lactones) is 1. The molecule has 0 aliphatic carbocycles. The van der Waals surface area contributed by atoms with Crippen molar-refractivity contribution in [3.8, 4) is 0 Å². The number of carbonyl (C=O) groups excluding carboxylic acids is 2. The molecule has 0 aromatic carbocycles. The molecular formula is C12H18O4. The summed E-state index contributed by atoms with van der Waals surface area (Å²) in [5.41, 5.74) is 1.43. The molecule has 0 radical (unpaired) electrons. The van der Waals surface area contributed by atoms with Gasteiger partial charge in [0.2, 0.25) is 0 Å². The van der Waals surface area contributed by atoms with Gasteiger partial charge in [-0.25, -0.2) is 4.79 Å². The number of rotatable bonds is 5. The SMILES string of the molecule is CCCCOC(=O)CC1OC(=O)C(C)=C1C. The molecule has 0 fully saturated rings. The minimum absolute atomic E-state index is 0.124. The largest absolute Gasteiger partial charge is 0.466 e. The predicted molar refractivity (Wildman–Crippen MR) is 58.7 cm³/mol. The first-order chi connectivity index (χ1) is 7.56.